The summed E-state index contributed by atoms with van der Waals surface area (Å²) in [5, 5.41) is 8.77. The Bertz CT molecular complexity index is 375. The van der Waals surface area contributed by atoms with Crippen LogP contribution in [0.4, 0.5) is 8.78 Å². The number of aromatic nitrogens is 1. The Morgan fingerprint density at radius 1 is 1.64 bits per heavy atom. The zero-order valence-corrected chi connectivity index (χ0v) is 7.38. The molecule has 0 aliphatic carbocycles. The fourth-order valence-electron chi connectivity index (χ4n) is 1.04. The number of aliphatic hydroxyl groups excluding tert-OH is 1. The molecule has 0 unspecified atom stereocenters. The molecule has 1 rings (SSSR count). The van der Waals surface area contributed by atoms with Crippen LogP contribution in [0.15, 0.2) is 10.9 Å². The van der Waals surface area contributed by atoms with Crippen molar-refractivity contribution in [1.82, 2.24) is 4.98 Å². The van der Waals surface area contributed by atoms with Crippen molar-refractivity contribution in [2.24, 2.45) is 0 Å². The average Bonchev–Trinajstić information content (AvgIpc) is 2.17. The maximum Gasteiger partial charge on any atom is 0.290 e. The molecule has 0 aliphatic rings. The third-order valence-corrected chi connectivity index (χ3v) is 1.73. The van der Waals surface area contributed by atoms with Crippen LogP contribution in [0.25, 0.3) is 0 Å². The summed E-state index contributed by atoms with van der Waals surface area (Å²) in [5.74, 6) is -0.0987. The molecule has 6 heteroatoms. The molecule has 14 heavy (non-hydrogen) atoms. The molecule has 1 aromatic rings. The summed E-state index contributed by atoms with van der Waals surface area (Å²) < 4.78 is 29.2. The van der Waals surface area contributed by atoms with Crippen LogP contribution >= 0.6 is 0 Å². The Balaban J connectivity index is 3.32. The van der Waals surface area contributed by atoms with Crippen molar-refractivity contribution in [3.8, 4) is 5.75 Å². The molecule has 0 bridgehead atoms. The van der Waals surface area contributed by atoms with E-state index in [0.29, 0.717) is 0 Å². The number of hydrogen-bond acceptors (Lipinski definition) is 3. The molecule has 2 N–H and O–H groups in total. The summed E-state index contributed by atoms with van der Waals surface area (Å²) >= 11 is 0. The fourth-order valence-corrected chi connectivity index (χ4v) is 1.04. The summed E-state index contributed by atoms with van der Waals surface area (Å²) in [4.78, 5) is 13.0. The van der Waals surface area contributed by atoms with Crippen LogP contribution < -0.4 is 10.3 Å². The second-order valence-corrected chi connectivity index (χ2v) is 2.56. The zero-order valence-electron chi connectivity index (χ0n) is 7.38. The van der Waals surface area contributed by atoms with Gasteiger partial charge in [0, 0.05) is 5.56 Å². The summed E-state index contributed by atoms with van der Waals surface area (Å²) in [7, 11) is 1.24. The van der Waals surface area contributed by atoms with E-state index in [1.165, 1.54) is 7.11 Å². The van der Waals surface area contributed by atoms with Crippen molar-refractivity contribution in [1.29, 1.82) is 0 Å². The Morgan fingerprint density at radius 2 is 2.29 bits per heavy atom. The SMILES string of the molecule is COc1cc(CO)c(C(F)F)[nH]c1=O. The number of hydrogen-bond donors (Lipinski definition) is 2. The lowest BCUT2D eigenvalue weighted by molar-refractivity contribution is 0.141. The molecule has 1 aromatic heterocycles. The molecule has 0 amide bonds. The second kappa shape index (κ2) is 4.19. The highest BCUT2D eigenvalue weighted by molar-refractivity contribution is 5.29. The van der Waals surface area contributed by atoms with Gasteiger partial charge in [0.1, 0.15) is 0 Å². The minimum absolute atomic E-state index is 0.0450. The van der Waals surface area contributed by atoms with Gasteiger partial charge in [0.2, 0.25) is 0 Å². The summed E-state index contributed by atoms with van der Waals surface area (Å²) in [6.07, 6.45) is -2.82. The van der Waals surface area contributed by atoms with Crippen LogP contribution in [0.2, 0.25) is 0 Å². The predicted molar refractivity (Wildman–Crippen MR) is 44.5 cm³/mol. The Hall–Kier alpha value is -1.43. The van der Waals surface area contributed by atoms with E-state index in [1.54, 1.807) is 0 Å². The van der Waals surface area contributed by atoms with Crippen LogP contribution in [0.5, 0.6) is 5.75 Å². The van der Waals surface area contributed by atoms with E-state index >= 15 is 0 Å². The smallest absolute Gasteiger partial charge is 0.290 e. The normalized spacial score (nSPS) is 10.6. The van der Waals surface area contributed by atoms with Crippen molar-refractivity contribution in [3.63, 3.8) is 0 Å². The van der Waals surface area contributed by atoms with Gasteiger partial charge in [-0.3, -0.25) is 4.79 Å². The van der Waals surface area contributed by atoms with Gasteiger partial charge in [-0.1, -0.05) is 0 Å². The molecule has 78 valence electrons. The first kappa shape index (κ1) is 10.6. The fraction of sp³-hybridized carbons (Fsp3) is 0.375. The molecule has 0 radical (unpaired) electrons. The molecule has 0 saturated heterocycles. The maximum absolute atomic E-state index is 12.3. The molecular formula is C8H9F2NO3. The van der Waals surface area contributed by atoms with Crippen molar-refractivity contribution in [3.05, 3.63) is 27.7 Å². The number of aliphatic hydroxyl groups is 1. The molecule has 1 heterocycles. The molecule has 4 nitrogen and oxygen atoms in total. The molecule has 0 fully saturated rings. The Labute approximate surface area is 78.1 Å². The van der Waals surface area contributed by atoms with Gasteiger partial charge in [0.25, 0.3) is 12.0 Å². The highest BCUT2D eigenvalue weighted by Crippen LogP contribution is 2.21. The number of pyridine rings is 1. The number of methoxy groups -OCH3 is 1. The van der Waals surface area contributed by atoms with Crippen LogP contribution in [0, 0.1) is 0 Å². The van der Waals surface area contributed by atoms with Crippen molar-refractivity contribution in [2.75, 3.05) is 7.11 Å². The Morgan fingerprint density at radius 3 is 2.71 bits per heavy atom. The van der Waals surface area contributed by atoms with Crippen LogP contribution in [0.1, 0.15) is 17.7 Å². The third kappa shape index (κ3) is 1.90. The number of rotatable bonds is 3. The standard InChI is InChI=1S/C8H9F2NO3/c1-14-5-2-4(3-12)6(7(9)10)11-8(5)13/h2,7,12H,3H2,1H3,(H,11,13). The largest absolute Gasteiger partial charge is 0.491 e. The first-order valence-corrected chi connectivity index (χ1v) is 3.79. The minimum atomic E-state index is -2.82. The third-order valence-electron chi connectivity index (χ3n) is 1.73. The number of nitrogens with one attached hydrogen (secondary N) is 1. The van der Waals surface area contributed by atoms with Crippen molar-refractivity contribution < 1.29 is 18.6 Å². The number of alkyl halides is 2. The van der Waals surface area contributed by atoms with Crippen LogP contribution in [-0.4, -0.2) is 17.2 Å². The molecular weight excluding hydrogens is 196 g/mol. The lowest BCUT2D eigenvalue weighted by Crippen LogP contribution is -2.14. The topological polar surface area (TPSA) is 62.3 Å². The molecule has 0 atom stereocenters. The second-order valence-electron chi connectivity index (χ2n) is 2.56. The number of ether oxygens (including phenoxy) is 1. The van der Waals surface area contributed by atoms with Crippen molar-refractivity contribution >= 4 is 0 Å². The average molecular weight is 205 g/mol. The van der Waals surface area contributed by atoms with E-state index in [0.717, 1.165) is 6.07 Å². The predicted octanol–water partition coefficient (Wildman–Crippen LogP) is 0.813. The first-order chi connectivity index (χ1) is 6.60. The zero-order chi connectivity index (χ0) is 10.7. The Kier molecular flexibility index (Phi) is 3.19. The molecule has 0 saturated carbocycles. The summed E-state index contributed by atoms with van der Waals surface area (Å²) in [5.41, 5.74) is -1.35. The van der Waals surface area contributed by atoms with Gasteiger partial charge in [0.15, 0.2) is 5.75 Å². The van der Waals surface area contributed by atoms with E-state index in [9.17, 15) is 13.6 Å². The quantitative estimate of drug-likeness (QED) is 0.767. The number of halogens is 2. The molecule has 0 aromatic carbocycles. The highest BCUT2D eigenvalue weighted by Gasteiger charge is 2.15. The van der Waals surface area contributed by atoms with Gasteiger partial charge in [-0.15, -0.1) is 0 Å². The van der Waals surface area contributed by atoms with Gasteiger partial charge in [-0.2, -0.15) is 0 Å². The lowest BCUT2D eigenvalue weighted by atomic mass is 10.2. The van der Waals surface area contributed by atoms with Gasteiger partial charge >= 0.3 is 0 Å². The summed E-state index contributed by atoms with van der Waals surface area (Å²) in [6, 6.07) is 1.10. The number of H-pyrrole nitrogens is 1. The first-order valence-electron chi connectivity index (χ1n) is 3.79. The van der Waals surface area contributed by atoms with Gasteiger partial charge < -0.3 is 14.8 Å². The van der Waals surface area contributed by atoms with Gasteiger partial charge in [-0.05, 0) is 6.07 Å². The van der Waals surface area contributed by atoms with E-state index in [2.05, 4.69) is 4.74 Å². The lowest BCUT2D eigenvalue weighted by Gasteiger charge is -2.07. The van der Waals surface area contributed by atoms with Crippen LogP contribution in [-0.2, 0) is 6.61 Å². The monoisotopic (exact) mass is 205 g/mol. The van der Waals surface area contributed by atoms with E-state index in [-0.39, 0.29) is 11.3 Å². The van der Waals surface area contributed by atoms with Gasteiger partial charge in [0.05, 0.1) is 19.4 Å². The number of aromatic amines is 1. The molecule has 0 aliphatic heterocycles. The van der Waals surface area contributed by atoms with Gasteiger partial charge in [-0.25, -0.2) is 8.78 Å². The highest BCUT2D eigenvalue weighted by atomic mass is 19.3. The minimum Gasteiger partial charge on any atom is -0.491 e. The summed E-state index contributed by atoms with van der Waals surface area (Å²) in [6.45, 7) is -0.577. The maximum atomic E-state index is 12.3. The molecule has 0 spiro atoms. The van der Waals surface area contributed by atoms with E-state index in [4.69, 9.17) is 5.11 Å². The van der Waals surface area contributed by atoms with E-state index in [1.807, 2.05) is 4.98 Å². The van der Waals surface area contributed by atoms with Crippen LogP contribution in [0.3, 0.4) is 0 Å². The van der Waals surface area contributed by atoms with Crippen molar-refractivity contribution in [2.45, 2.75) is 13.0 Å². The van der Waals surface area contributed by atoms with E-state index < -0.39 is 24.3 Å².